The summed E-state index contributed by atoms with van der Waals surface area (Å²) in [5, 5.41) is 2.88. The van der Waals surface area contributed by atoms with Crippen molar-refractivity contribution < 1.29 is 61.2 Å². The van der Waals surface area contributed by atoms with Gasteiger partial charge in [0.05, 0.1) is 6.26 Å². The number of alkyl halides is 12. The summed E-state index contributed by atoms with van der Waals surface area (Å²) < 4.78 is 184. The zero-order valence-electron chi connectivity index (χ0n) is 18.2. The smallest absolute Gasteiger partial charge is 0.292 e. The van der Waals surface area contributed by atoms with E-state index in [0.29, 0.717) is 33.2 Å². The number of fused-ring (bicyclic) bond motifs is 3. The van der Waals surface area contributed by atoms with Gasteiger partial charge < -0.3 is 0 Å². The summed E-state index contributed by atoms with van der Waals surface area (Å²) in [5.74, 6) is -37.2. The van der Waals surface area contributed by atoms with Crippen molar-refractivity contribution in [2.45, 2.75) is 35.7 Å². The first-order valence-electron chi connectivity index (χ1n) is 9.68. The molecule has 18 heteroatoms. The van der Waals surface area contributed by atoms with Crippen molar-refractivity contribution in [2.24, 2.45) is 10.9 Å². The molecule has 1 heterocycles. The van der Waals surface area contributed by atoms with Gasteiger partial charge in [0.2, 0.25) is 11.1 Å². The second-order valence-corrected chi connectivity index (χ2v) is 9.76. The van der Waals surface area contributed by atoms with Crippen molar-refractivity contribution in [3.63, 3.8) is 0 Å². The normalized spacial score (nSPS) is 15.8. The van der Waals surface area contributed by atoms with E-state index in [9.17, 15) is 48.1 Å². The van der Waals surface area contributed by atoms with Gasteiger partial charge in [-0.2, -0.15) is 52.7 Å². The van der Waals surface area contributed by atoms with Crippen LogP contribution in [-0.4, -0.2) is 51.8 Å². The van der Waals surface area contributed by atoms with Crippen molar-refractivity contribution in [3.05, 3.63) is 48.0 Å². The second-order valence-electron chi connectivity index (χ2n) is 7.72. The van der Waals surface area contributed by atoms with Crippen LogP contribution in [0.2, 0.25) is 0 Å². The van der Waals surface area contributed by atoms with Gasteiger partial charge in [0.15, 0.2) is 5.71 Å². The molecule has 0 radical (unpaired) electrons. The lowest BCUT2D eigenvalue weighted by Gasteiger charge is -2.40. The van der Waals surface area contributed by atoms with Crippen LogP contribution in [0.4, 0.5) is 52.7 Å². The molecule has 1 aromatic heterocycles. The standard InChI is InChI=1S/C20H12F12N2O2S2/c1-38(35)36-34-14(9-6-7-13-11(8-9)10-4-2-3-5-12(10)37-13)15(21,22)16(23,24)17(25,26)18(27,28)19(29,30)20(31,32)33/h2-8H,33H2,1H3. The number of benzene rings is 2. The Labute approximate surface area is 210 Å². The highest BCUT2D eigenvalue weighted by molar-refractivity contribution is 7.79. The molecule has 0 amide bonds. The molecule has 210 valence electrons. The van der Waals surface area contributed by atoms with Gasteiger partial charge in [0, 0.05) is 25.7 Å². The van der Waals surface area contributed by atoms with Crippen LogP contribution in [0, 0.1) is 0 Å². The Morgan fingerprint density at radius 2 is 1.32 bits per heavy atom. The fourth-order valence-corrected chi connectivity index (χ4v) is 4.47. The van der Waals surface area contributed by atoms with Crippen molar-refractivity contribution >= 4 is 48.3 Å². The molecule has 0 aliphatic heterocycles. The molecule has 0 fully saturated rings. The van der Waals surface area contributed by atoms with Gasteiger partial charge in [0.25, 0.3) is 0 Å². The minimum absolute atomic E-state index is 0.0685. The molecular formula is C20H12F12N2O2S2. The van der Waals surface area contributed by atoms with E-state index in [1.165, 1.54) is 12.1 Å². The maximum atomic E-state index is 15.0. The highest BCUT2D eigenvalue weighted by Gasteiger charge is 2.90. The van der Waals surface area contributed by atoms with Gasteiger partial charge in [-0.05, 0) is 18.2 Å². The first kappa shape index (κ1) is 29.9. The average Bonchev–Trinajstić information content (AvgIpc) is 3.15. The van der Waals surface area contributed by atoms with Gasteiger partial charge in [-0.25, -0.2) is 4.21 Å². The fraction of sp³-hybridized carbons (Fsp3) is 0.350. The van der Waals surface area contributed by atoms with Crippen LogP contribution in [0.5, 0.6) is 0 Å². The summed E-state index contributed by atoms with van der Waals surface area (Å²) in [7, 11) is 0. The van der Waals surface area contributed by atoms with Gasteiger partial charge >= 0.3 is 35.7 Å². The first-order valence-corrected chi connectivity index (χ1v) is 12.0. The number of rotatable bonds is 9. The van der Waals surface area contributed by atoms with Crippen molar-refractivity contribution in [1.29, 1.82) is 0 Å². The zero-order valence-corrected chi connectivity index (χ0v) is 19.9. The lowest BCUT2D eigenvalue weighted by Crippen LogP contribution is -2.73. The molecule has 0 saturated carbocycles. The number of oxime groups is 1. The molecule has 0 bridgehead atoms. The number of nitrogens with two attached hydrogens (primary N) is 1. The summed E-state index contributed by atoms with van der Waals surface area (Å²) in [6.07, 6.45) is 0.625. The van der Waals surface area contributed by atoms with E-state index in [2.05, 4.69) is 15.2 Å². The quantitative estimate of drug-likeness (QED) is 0.127. The minimum atomic E-state index is -7.86. The SMILES string of the molecule is CS(=O)ON=C(c1ccc2sc3ccccc3c2c1)C(F)(F)C(F)(F)C(F)(F)C(F)(F)C(F)(F)C(N)(F)F. The molecule has 4 nitrogen and oxygen atoms in total. The average molecular weight is 604 g/mol. The van der Waals surface area contributed by atoms with Crippen molar-refractivity contribution in [3.8, 4) is 0 Å². The Balaban J connectivity index is 2.24. The van der Waals surface area contributed by atoms with E-state index in [-0.39, 0.29) is 5.39 Å². The topological polar surface area (TPSA) is 64.7 Å². The summed E-state index contributed by atoms with van der Waals surface area (Å²) >= 11 is -1.58. The molecule has 3 rings (SSSR count). The minimum Gasteiger partial charge on any atom is -0.292 e. The van der Waals surface area contributed by atoms with Crippen LogP contribution in [0.15, 0.2) is 47.6 Å². The third-order valence-electron chi connectivity index (χ3n) is 5.18. The van der Waals surface area contributed by atoms with Gasteiger partial charge in [-0.15, -0.1) is 11.3 Å². The lowest BCUT2D eigenvalue weighted by molar-refractivity contribution is -0.417. The first-order chi connectivity index (χ1) is 17.1. The molecule has 3 aromatic rings. The highest BCUT2D eigenvalue weighted by Crippen LogP contribution is 2.59. The Kier molecular flexibility index (Phi) is 7.29. The van der Waals surface area contributed by atoms with Crippen LogP contribution in [0.25, 0.3) is 20.2 Å². The van der Waals surface area contributed by atoms with E-state index in [1.54, 1.807) is 12.1 Å². The predicted octanol–water partition coefficient (Wildman–Crippen LogP) is 6.80. The Morgan fingerprint density at radius 3 is 1.87 bits per heavy atom. The van der Waals surface area contributed by atoms with Crippen LogP contribution in [-0.2, 0) is 15.4 Å². The summed E-state index contributed by atoms with van der Waals surface area (Å²) in [6.45, 7) is 0. The Hall–Kier alpha value is -2.60. The van der Waals surface area contributed by atoms with E-state index < -0.39 is 58.0 Å². The van der Waals surface area contributed by atoms with E-state index in [1.807, 2.05) is 0 Å². The maximum absolute atomic E-state index is 15.0. The monoisotopic (exact) mass is 604 g/mol. The molecule has 0 saturated heterocycles. The highest BCUT2D eigenvalue weighted by atomic mass is 32.2. The van der Waals surface area contributed by atoms with Gasteiger partial charge in [0.1, 0.15) is 0 Å². The molecular weight excluding hydrogens is 592 g/mol. The third kappa shape index (κ3) is 4.39. The van der Waals surface area contributed by atoms with Crippen LogP contribution in [0.1, 0.15) is 5.56 Å². The fourth-order valence-electron chi connectivity index (χ4n) is 3.20. The van der Waals surface area contributed by atoms with E-state index in [4.69, 9.17) is 0 Å². The zero-order chi connectivity index (χ0) is 29.1. The van der Waals surface area contributed by atoms with Gasteiger partial charge in [-0.1, -0.05) is 29.4 Å². The Morgan fingerprint density at radius 1 is 0.789 bits per heavy atom. The summed E-state index contributed by atoms with van der Waals surface area (Å²) in [4.78, 5) is 0. The van der Waals surface area contributed by atoms with E-state index in [0.717, 1.165) is 17.4 Å². The molecule has 0 aliphatic carbocycles. The second kappa shape index (κ2) is 9.25. The maximum Gasteiger partial charge on any atom is 0.392 e. The van der Waals surface area contributed by atoms with Crippen molar-refractivity contribution in [2.75, 3.05) is 6.26 Å². The number of hydrogen-bond acceptors (Lipinski definition) is 5. The van der Waals surface area contributed by atoms with Gasteiger partial charge in [-0.3, -0.25) is 10.0 Å². The van der Waals surface area contributed by atoms with Crippen molar-refractivity contribution in [1.82, 2.24) is 0 Å². The number of nitrogens with zero attached hydrogens (tertiary/aromatic N) is 1. The van der Waals surface area contributed by atoms with Crippen LogP contribution < -0.4 is 5.73 Å². The molecule has 38 heavy (non-hydrogen) atoms. The number of halogens is 12. The Bertz CT molecular complexity index is 1420. The summed E-state index contributed by atoms with van der Waals surface area (Å²) in [6, 6.07) is 1.96. The van der Waals surface area contributed by atoms with Crippen LogP contribution >= 0.6 is 11.3 Å². The molecule has 0 spiro atoms. The number of hydrogen-bond donors (Lipinski definition) is 1. The van der Waals surface area contributed by atoms with Crippen LogP contribution in [0.3, 0.4) is 0 Å². The predicted molar refractivity (Wildman–Crippen MR) is 115 cm³/mol. The largest absolute Gasteiger partial charge is 0.392 e. The van der Waals surface area contributed by atoms with E-state index >= 15 is 8.78 Å². The molecule has 1 atom stereocenters. The third-order valence-corrected chi connectivity index (χ3v) is 6.61. The number of thiophene rings is 1. The summed E-state index contributed by atoms with van der Waals surface area (Å²) in [5.41, 5.74) is -0.232. The molecule has 0 aliphatic rings. The molecule has 1 unspecified atom stereocenters. The molecule has 2 N–H and O–H groups in total. The molecule has 2 aromatic carbocycles. The lowest BCUT2D eigenvalue weighted by atomic mass is 9.89.